The molecule has 1 aromatic rings. The predicted octanol–water partition coefficient (Wildman–Crippen LogP) is 1.21. The lowest BCUT2D eigenvalue weighted by Gasteiger charge is -2.35. The van der Waals surface area contributed by atoms with Gasteiger partial charge in [0.25, 0.3) is 0 Å². The lowest BCUT2D eigenvalue weighted by Crippen LogP contribution is -2.48. The van der Waals surface area contributed by atoms with Gasteiger partial charge in [0.1, 0.15) is 0 Å². The van der Waals surface area contributed by atoms with E-state index in [0.29, 0.717) is 12.3 Å². The summed E-state index contributed by atoms with van der Waals surface area (Å²) in [6.45, 7) is 3.73. The summed E-state index contributed by atoms with van der Waals surface area (Å²) in [4.78, 5) is 18.0. The molecule has 1 fully saturated rings. The average Bonchev–Trinajstić information content (AvgIpc) is 2.40. The zero-order chi connectivity index (χ0) is 13.0. The molecule has 0 bridgehead atoms. The van der Waals surface area contributed by atoms with Crippen LogP contribution in [0.2, 0.25) is 0 Å². The number of aryl methyl sites for hydroxylation is 1. The lowest BCUT2D eigenvalue weighted by molar-refractivity contribution is -0.133. The van der Waals surface area contributed by atoms with Crippen molar-refractivity contribution in [1.82, 2.24) is 9.88 Å². The number of piperidine rings is 1. The van der Waals surface area contributed by atoms with Gasteiger partial charge in [-0.25, -0.2) is 0 Å². The minimum Gasteiger partial charge on any atom is -0.342 e. The monoisotopic (exact) mass is 247 g/mol. The zero-order valence-corrected chi connectivity index (χ0v) is 10.9. The molecule has 2 heterocycles. The molecule has 4 nitrogen and oxygen atoms in total. The summed E-state index contributed by atoms with van der Waals surface area (Å²) in [5, 5.41) is 0. The maximum atomic E-state index is 12.1. The molecule has 2 rings (SSSR count). The Morgan fingerprint density at radius 1 is 1.50 bits per heavy atom. The minimum absolute atomic E-state index is 0.241. The van der Waals surface area contributed by atoms with E-state index < -0.39 is 0 Å². The third-order valence-corrected chi connectivity index (χ3v) is 3.70. The fraction of sp³-hybridized carbons (Fsp3) is 0.571. The Labute approximate surface area is 108 Å². The van der Waals surface area contributed by atoms with Crippen LogP contribution < -0.4 is 5.73 Å². The van der Waals surface area contributed by atoms with Gasteiger partial charge in [0.05, 0.1) is 0 Å². The molecule has 0 saturated carbocycles. The van der Waals surface area contributed by atoms with Crippen molar-refractivity contribution < 1.29 is 4.79 Å². The van der Waals surface area contributed by atoms with Gasteiger partial charge in [-0.2, -0.15) is 0 Å². The maximum absolute atomic E-state index is 12.1. The highest BCUT2D eigenvalue weighted by atomic mass is 16.2. The summed E-state index contributed by atoms with van der Waals surface area (Å²) in [6, 6.07) is 4.17. The van der Waals surface area contributed by atoms with Crippen LogP contribution in [0.15, 0.2) is 24.5 Å². The van der Waals surface area contributed by atoms with Gasteiger partial charge in [-0.3, -0.25) is 9.78 Å². The zero-order valence-electron chi connectivity index (χ0n) is 10.9. The van der Waals surface area contributed by atoms with Gasteiger partial charge >= 0.3 is 0 Å². The number of hydrogen-bond acceptors (Lipinski definition) is 3. The number of carbonyl (C=O) groups excluding carboxylic acids is 1. The summed E-state index contributed by atoms with van der Waals surface area (Å²) < 4.78 is 0. The van der Waals surface area contributed by atoms with E-state index in [-0.39, 0.29) is 11.9 Å². The van der Waals surface area contributed by atoms with Crippen molar-refractivity contribution in [3.05, 3.63) is 30.1 Å². The average molecular weight is 247 g/mol. The number of likely N-dealkylation sites (tertiary alicyclic amines) is 1. The highest BCUT2D eigenvalue weighted by Gasteiger charge is 2.25. The van der Waals surface area contributed by atoms with Gasteiger partial charge in [0.15, 0.2) is 0 Å². The molecule has 0 spiro atoms. The fourth-order valence-corrected chi connectivity index (χ4v) is 2.35. The molecule has 2 atom stereocenters. The van der Waals surface area contributed by atoms with E-state index >= 15 is 0 Å². The maximum Gasteiger partial charge on any atom is 0.222 e. The van der Waals surface area contributed by atoms with Crippen LogP contribution in [0.25, 0.3) is 0 Å². The summed E-state index contributed by atoms with van der Waals surface area (Å²) in [6.07, 6.45) is 5.82. The van der Waals surface area contributed by atoms with Crippen LogP contribution >= 0.6 is 0 Å². The van der Waals surface area contributed by atoms with Crippen LogP contribution in [0.1, 0.15) is 25.3 Å². The standard InChI is InChI=1S/C14H21N3O/c1-11-10-17(9-6-13(11)15)14(18)3-2-12-4-7-16-8-5-12/h4-5,7-8,11,13H,2-3,6,9-10,15H2,1H3. The van der Waals surface area contributed by atoms with Gasteiger partial charge in [-0.05, 0) is 36.5 Å². The number of nitrogens with two attached hydrogens (primary N) is 1. The Balaban J connectivity index is 1.82. The SMILES string of the molecule is CC1CN(C(=O)CCc2ccncc2)CCC1N. The van der Waals surface area contributed by atoms with E-state index in [0.717, 1.165) is 25.9 Å². The normalized spacial score (nSPS) is 24.0. The van der Waals surface area contributed by atoms with Crippen LogP contribution in [0.3, 0.4) is 0 Å². The van der Waals surface area contributed by atoms with Crippen LogP contribution in [-0.4, -0.2) is 34.9 Å². The first kappa shape index (κ1) is 13.0. The molecule has 0 aliphatic carbocycles. The molecule has 98 valence electrons. The number of nitrogens with zero attached hydrogens (tertiary/aromatic N) is 2. The second-order valence-corrected chi connectivity index (χ2v) is 5.13. The quantitative estimate of drug-likeness (QED) is 0.873. The van der Waals surface area contributed by atoms with E-state index in [2.05, 4.69) is 11.9 Å². The van der Waals surface area contributed by atoms with Crippen molar-refractivity contribution >= 4 is 5.91 Å². The first-order valence-electron chi connectivity index (χ1n) is 6.59. The van der Waals surface area contributed by atoms with E-state index in [1.54, 1.807) is 12.4 Å². The minimum atomic E-state index is 0.241. The molecule has 18 heavy (non-hydrogen) atoms. The molecule has 1 saturated heterocycles. The lowest BCUT2D eigenvalue weighted by atomic mass is 9.94. The van der Waals surface area contributed by atoms with Crippen LogP contribution in [0, 0.1) is 5.92 Å². The van der Waals surface area contributed by atoms with Gasteiger partial charge < -0.3 is 10.6 Å². The topological polar surface area (TPSA) is 59.2 Å². The van der Waals surface area contributed by atoms with Crippen LogP contribution in [-0.2, 0) is 11.2 Å². The molecule has 2 N–H and O–H groups in total. The third-order valence-electron chi connectivity index (χ3n) is 3.70. The summed E-state index contributed by atoms with van der Waals surface area (Å²) >= 11 is 0. The van der Waals surface area contributed by atoms with E-state index in [1.165, 1.54) is 5.56 Å². The van der Waals surface area contributed by atoms with Gasteiger partial charge in [-0.15, -0.1) is 0 Å². The first-order valence-corrected chi connectivity index (χ1v) is 6.59. The van der Waals surface area contributed by atoms with Gasteiger partial charge in [-0.1, -0.05) is 6.92 Å². The largest absolute Gasteiger partial charge is 0.342 e. The van der Waals surface area contributed by atoms with E-state index in [9.17, 15) is 4.79 Å². The van der Waals surface area contributed by atoms with Crippen molar-refractivity contribution in [2.45, 2.75) is 32.2 Å². The van der Waals surface area contributed by atoms with Crippen molar-refractivity contribution in [3.63, 3.8) is 0 Å². The number of hydrogen-bond donors (Lipinski definition) is 1. The highest BCUT2D eigenvalue weighted by molar-refractivity contribution is 5.76. The Morgan fingerprint density at radius 2 is 2.22 bits per heavy atom. The summed E-state index contributed by atoms with van der Waals surface area (Å²) in [5.41, 5.74) is 7.13. The summed E-state index contributed by atoms with van der Waals surface area (Å²) in [7, 11) is 0. The predicted molar refractivity (Wildman–Crippen MR) is 70.9 cm³/mol. The molecule has 1 aliphatic rings. The van der Waals surface area contributed by atoms with Gasteiger partial charge in [0.2, 0.25) is 5.91 Å². The number of amides is 1. The van der Waals surface area contributed by atoms with Crippen molar-refractivity contribution in [2.24, 2.45) is 11.7 Å². The molecule has 1 aromatic heterocycles. The molecular weight excluding hydrogens is 226 g/mol. The Bertz CT molecular complexity index is 393. The Morgan fingerprint density at radius 3 is 2.89 bits per heavy atom. The molecule has 1 amide bonds. The molecule has 0 radical (unpaired) electrons. The smallest absolute Gasteiger partial charge is 0.222 e. The van der Waals surface area contributed by atoms with Crippen LogP contribution in [0.5, 0.6) is 0 Å². The fourth-order valence-electron chi connectivity index (χ4n) is 2.35. The van der Waals surface area contributed by atoms with Crippen molar-refractivity contribution in [2.75, 3.05) is 13.1 Å². The van der Waals surface area contributed by atoms with E-state index in [1.807, 2.05) is 17.0 Å². The highest BCUT2D eigenvalue weighted by Crippen LogP contribution is 2.16. The van der Waals surface area contributed by atoms with Crippen LogP contribution in [0.4, 0.5) is 0 Å². The molecule has 1 aliphatic heterocycles. The third kappa shape index (κ3) is 3.29. The number of aromatic nitrogens is 1. The van der Waals surface area contributed by atoms with Gasteiger partial charge in [0, 0.05) is 37.9 Å². The molecular formula is C14H21N3O. The van der Waals surface area contributed by atoms with Crippen molar-refractivity contribution in [3.8, 4) is 0 Å². The Hall–Kier alpha value is -1.42. The molecule has 0 aromatic carbocycles. The summed E-state index contributed by atoms with van der Waals surface area (Å²) in [5.74, 6) is 0.647. The number of pyridine rings is 1. The number of carbonyl (C=O) groups is 1. The van der Waals surface area contributed by atoms with Crippen molar-refractivity contribution in [1.29, 1.82) is 0 Å². The second kappa shape index (κ2) is 5.96. The Kier molecular flexibility index (Phi) is 4.31. The first-order chi connectivity index (χ1) is 8.66. The molecule has 4 heteroatoms. The number of rotatable bonds is 3. The molecule has 2 unspecified atom stereocenters. The second-order valence-electron chi connectivity index (χ2n) is 5.13. The van der Waals surface area contributed by atoms with E-state index in [4.69, 9.17) is 5.73 Å².